The molecule has 0 saturated carbocycles. The van der Waals surface area contributed by atoms with Gasteiger partial charge in [0.05, 0.1) is 5.41 Å². The van der Waals surface area contributed by atoms with Gasteiger partial charge in [0.25, 0.3) is 0 Å². The first-order valence-electron chi connectivity index (χ1n) is 3.89. The van der Waals surface area contributed by atoms with E-state index in [1.165, 1.54) is 0 Å². The van der Waals surface area contributed by atoms with Gasteiger partial charge < -0.3 is 9.47 Å². The number of carbonyl (C=O) groups is 1. The molecule has 0 N–H and O–H groups in total. The van der Waals surface area contributed by atoms with E-state index in [0.29, 0.717) is 6.61 Å². The van der Waals surface area contributed by atoms with Crippen molar-refractivity contribution in [2.24, 2.45) is 5.41 Å². The zero-order chi connectivity index (χ0) is 8.48. The SMILES string of the molecule is C.C.C.CCC(C)(C)C(=O)OC1CO1. The van der Waals surface area contributed by atoms with Crippen LogP contribution in [0.1, 0.15) is 49.5 Å². The quantitative estimate of drug-likeness (QED) is 0.525. The van der Waals surface area contributed by atoms with Crippen molar-refractivity contribution in [3.63, 3.8) is 0 Å². The molecule has 1 rings (SSSR count). The highest BCUT2D eigenvalue weighted by atomic mass is 16.8. The molecule has 3 nitrogen and oxygen atoms in total. The number of ether oxygens (including phenoxy) is 2. The van der Waals surface area contributed by atoms with Gasteiger partial charge in [-0.15, -0.1) is 0 Å². The first kappa shape index (κ1) is 19.1. The smallest absolute Gasteiger partial charge is 0.313 e. The second kappa shape index (κ2) is 6.82. The maximum Gasteiger partial charge on any atom is 0.313 e. The third kappa shape index (κ3) is 5.22. The Kier molecular flexibility index (Phi) is 9.29. The fraction of sp³-hybridized carbons (Fsp3) is 0.909. The van der Waals surface area contributed by atoms with Crippen LogP contribution in [0, 0.1) is 5.41 Å². The largest absolute Gasteiger partial charge is 0.433 e. The van der Waals surface area contributed by atoms with Crippen molar-refractivity contribution < 1.29 is 14.3 Å². The molecule has 1 saturated heterocycles. The van der Waals surface area contributed by atoms with Gasteiger partial charge in [-0.25, -0.2) is 0 Å². The summed E-state index contributed by atoms with van der Waals surface area (Å²) >= 11 is 0. The van der Waals surface area contributed by atoms with Crippen LogP contribution in [-0.4, -0.2) is 18.9 Å². The Morgan fingerprint density at radius 2 is 1.86 bits per heavy atom. The Hall–Kier alpha value is -0.570. The fourth-order valence-corrected chi connectivity index (χ4v) is 0.531. The molecule has 0 aliphatic carbocycles. The molecule has 0 bridgehead atoms. The van der Waals surface area contributed by atoms with Crippen molar-refractivity contribution >= 4 is 5.97 Å². The molecule has 0 spiro atoms. The number of esters is 1. The van der Waals surface area contributed by atoms with Gasteiger partial charge >= 0.3 is 5.97 Å². The standard InChI is InChI=1S/C8H14O3.3CH4/c1-4-8(2,3)7(9)11-6-5-10-6;;;/h6H,4-5H2,1-3H3;3*1H4. The highest BCUT2D eigenvalue weighted by Crippen LogP contribution is 2.24. The summed E-state index contributed by atoms with van der Waals surface area (Å²) in [7, 11) is 0. The predicted octanol–water partition coefficient (Wildman–Crippen LogP) is 3.23. The third-order valence-electron chi connectivity index (χ3n) is 1.98. The van der Waals surface area contributed by atoms with Gasteiger partial charge in [-0.3, -0.25) is 4.79 Å². The van der Waals surface area contributed by atoms with E-state index in [9.17, 15) is 4.79 Å². The van der Waals surface area contributed by atoms with Gasteiger partial charge in [0.2, 0.25) is 6.29 Å². The third-order valence-corrected chi connectivity index (χ3v) is 1.98. The average Bonchev–Trinajstić information content (AvgIpc) is 2.72. The Morgan fingerprint density at radius 1 is 1.43 bits per heavy atom. The first-order chi connectivity index (χ1) is 5.06. The van der Waals surface area contributed by atoms with Gasteiger partial charge in [-0.1, -0.05) is 29.2 Å². The van der Waals surface area contributed by atoms with Gasteiger partial charge in [0, 0.05) is 0 Å². The zero-order valence-corrected chi connectivity index (χ0v) is 7.22. The van der Waals surface area contributed by atoms with E-state index in [4.69, 9.17) is 9.47 Å². The Balaban J connectivity index is -0.000000403. The minimum absolute atomic E-state index is 0. The van der Waals surface area contributed by atoms with Gasteiger partial charge in [0.15, 0.2) is 0 Å². The van der Waals surface area contributed by atoms with Crippen molar-refractivity contribution in [3.8, 4) is 0 Å². The van der Waals surface area contributed by atoms with E-state index >= 15 is 0 Å². The number of hydrogen-bond donors (Lipinski definition) is 0. The predicted molar refractivity (Wildman–Crippen MR) is 60.1 cm³/mol. The van der Waals surface area contributed by atoms with E-state index in [1.54, 1.807) is 0 Å². The maximum atomic E-state index is 11.2. The summed E-state index contributed by atoms with van der Waals surface area (Å²) in [6.45, 7) is 6.27. The van der Waals surface area contributed by atoms with Crippen LogP contribution < -0.4 is 0 Å². The Bertz CT molecular complexity index is 160. The second-order valence-corrected chi connectivity index (χ2v) is 3.41. The van der Waals surface area contributed by atoms with Crippen LogP contribution in [0.3, 0.4) is 0 Å². The summed E-state index contributed by atoms with van der Waals surface area (Å²) in [5.41, 5.74) is -0.369. The topological polar surface area (TPSA) is 38.8 Å². The molecule has 1 fully saturated rings. The highest BCUT2D eigenvalue weighted by Gasteiger charge is 2.34. The lowest BCUT2D eigenvalue weighted by atomic mass is 9.91. The molecule has 1 aliphatic rings. The Morgan fingerprint density at radius 3 is 2.14 bits per heavy atom. The number of hydrogen-bond acceptors (Lipinski definition) is 3. The molecular formula is C11H26O3. The zero-order valence-electron chi connectivity index (χ0n) is 7.22. The van der Waals surface area contributed by atoms with Crippen LogP contribution in [0.25, 0.3) is 0 Å². The normalized spacial score (nSPS) is 18.1. The summed E-state index contributed by atoms with van der Waals surface area (Å²) in [6.07, 6.45) is 0.534. The van der Waals surface area contributed by atoms with E-state index < -0.39 is 0 Å². The van der Waals surface area contributed by atoms with E-state index in [-0.39, 0.29) is 40.0 Å². The summed E-state index contributed by atoms with van der Waals surface area (Å²) in [6, 6.07) is 0. The monoisotopic (exact) mass is 206 g/mol. The molecule has 0 radical (unpaired) electrons. The lowest BCUT2D eigenvalue weighted by Crippen LogP contribution is -2.26. The lowest BCUT2D eigenvalue weighted by Gasteiger charge is -2.19. The van der Waals surface area contributed by atoms with Gasteiger partial charge in [-0.2, -0.15) is 0 Å². The minimum atomic E-state index is -0.369. The molecule has 14 heavy (non-hydrogen) atoms. The molecule has 88 valence electrons. The van der Waals surface area contributed by atoms with Crippen molar-refractivity contribution in [1.82, 2.24) is 0 Å². The maximum absolute atomic E-state index is 11.2. The van der Waals surface area contributed by atoms with Crippen molar-refractivity contribution in [2.45, 2.75) is 55.8 Å². The summed E-state index contributed by atoms with van der Waals surface area (Å²) < 4.78 is 9.73. The van der Waals surface area contributed by atoms with E-state index in [2.05, 4.69) is 0 Å². The molecule has 0 aromatic rings. The summed E-state index contributed by atoms with van der Waals surface area (Å²) in [4.78, 5) is 11.2. The van der Waals surface area contributed by atoms with Crippen molar-refractivity contribution in [3.05, 3.63) is 0 Å². The lowest BCUT2D eigenvalue weighted by molar-refractivity contribution is -0.159. The Labute approximate surface area is 88.8 Å². The van der Waals surface area contributed by atoms with Crippen molar-refractivity contribution in [2.75, 3.05) is 6.61 Å². The molecule has 1 unspecified atom stereocenters. The number of epoxide rings is 1. The molecule has 1 aliphatic heterocycles. The number of rotatable bonds is 3. The molecule has 1 atom stereocenters. The van der Waals surface area contributed by atoms with Crippen LogP contribution in [-0.2, 0) is 14.3 Å². The number of carbonyl (C=O) groups excluding carboxylic acids is 1. The van der Waals surface area contributed by atoms with Crippen LogP contribution in [0.4, 0.5) is 0 Å². The molecule has 3 heteroatoms. The van der Waals surface area contributed by atoms with E-state index in [0.717, 1.165) is 6.42 Å². The van der Waals surface area contributed by atoms with Gasteiger partial charge in [-0.05, 0) is 20.3 Å². The van der Waals surface area contributed by atoms with Crippen LogP contribution in [0.2, 0.25) is 0 Å². The van der Waals surface area contributed by atoms with Crippen LogP contribution in [0.15, 0.2) is 0 Å². The van der Waals surface area contributed by atoms with Crippen molar-refractivity contribution in [1.29, 1.82) is 0 Å². The van der Waals surface area contributed by atoms with Crippen LogP contribution in [0.5, 0.6) is 0 Å². The fourth-order valence-electron chi connectivity index (χ4n) is 0.531. The minimum Gasteiger partial charge on any atom is -0.433 e. The highest BCUT2D eigenvalue weighted by molar-refractivity contribution is 5.76. The van der Waals surface area contributed by atoms with Gasteiger partial charge in [0.1, 0.15) is 6.61 Å². The molecule has 1 heterocycles. The van der Waals surface area contributed by atoms with Crippen LogP contribution >= 0.6 is 0 Å². The molecule has 0 amide bonds. The summed E-state index contributed by atoms with van der Waals surface area (Å²) in [5, 5.41) is 0. The first-order valence-corrected chi connectivity index (χ1v) is 3.89. The average molecular weight is 206 g/mol. The molecule has 0 aromatic heterocycles. The molecular weight excluding hydrogens is 180 g/mol. The summed E-state index contributed by atoms with van der Waals surface area (Å²) in [5.74, 6) is -0.164. The van der Waals surface area contributed by atoms with E-state index in [1.807, 2.05) is 20.8 Å². The molecule has 0 aromatic carbocycles. The second-order valence-electron chi connectivity index (χ2n) is 3.41.